The van der Waals surface area contributed by atoms with Gasteiger partial charge in [-0.05, 0) is 53.8 Å². The molecule has 0 saturated heterocycles. The molecule has 3 aromatic rings. The number of hydrogen-bond donors (Lipinski definition) is 1. The Balaban J connectivity index is 0.000000367. The Morgan fingerprint density at radius 1 is 1.03 bits per heavy atom. The first-order valence-corrected chi connectivity index (χ1v) is 11.3. The van der Waals surface area contributed by atoms with E-state index >= 15 is 0 Å². The van der Waals surface area contributed by atoms with Gasteiger partial charge in [0.05, 0.1) is 18.6 Å². The van der Waals surface area contributed by atoms with Crippen LogP contribution in [0, 0.1) is 0 Å². The first-order valence-electron chi connectivity index (χ1n) is 10.9. The Bertz CT molecular complexity index is 1150. The van der Waals surface area contributed by atoms with Crippen molar-refractivity contribution in [2.24, 2.45) is 0 Å². The fraction of sp³-hybridized carbons (Fsp3) is 0.185. The number of anilines is 1. The van der Waals surface area contributed by atoms with E-state index in [0.29, 0.717) is 18.0 Å². The zero-order valence-corrected chi connectivity index (χ0v) is 19.2. The standard InChI is InChI=1S/C21H22ClN3O2.C6H4/c1-16(26)24-20-4-2-3-5-21(20)27-19(14-25-13-12-23-15-25)11-8-17-6-9-18(22)10-7-17;1-2-6-4-3-5(1)6/h2-7,9-10,12-13,15,19H,8,11,14H2,1H3,(H,24,26);1-4H. The van der Waals surface area contributed by atoms with Crippen molar-refractivity contribution >= 4 is 23.2 Å². The number of carbonyl (C=O) groups is 1. The van der Waals surface area contributed by atoms with Crippen LogP contribution in [0.5, 0.6) is 5.75 Å². The molecule has 0 fully saturated rings. The van der Waals surface area contributed by atoms with Gasteiger partial charge in [0, 0.05) is 24.3 Å². The smallest absolute Gasteiger partial charge is 0.221 e. The molecule has 168 valence electrons. The number of aryl methyl sites for hydroxylation is 1. The van der Waals surface area contributed by atoms with Crippen LogP contribution in [0.25, 0.3) is 11.1 Å². The lowest BCUT2D eigenvalue weighted by molar-refractivity contribution is -0.114. The number of aromatic nitrogens is 2. The minimum atomic E-state index is -0.127. The number of nitrogens with one attached hydrogen (secondary N) is 1. The van der Waals surface area contributed by atoms with Crippen LogP contribution < -0.4 is 10.1 Å². The van der Waals surface area contributed by atoms with Crippen molar-refractivity contribution in [3.63, 3.8) is 0 Å². The fourth-order valence-electron chi connectivity index (χ4n) is 3.50. The highest BCUT2D eigenvalue weighted by molar-refractivity contribution is 6.30. The topological polar surface area (TPSA) is 56.1 Å². The van der Waals surface area contributed by atoms with Crippen LogP contribution in [-0.2, 0) is 17.8 Å². The van der Waals surface area contributed by atoms with Gasteiger partial charge in [-0.25, -0.2) is 4.98 Å². The van der Waals surface area contributed by atoms with Crippen LogP contribution in [0.1, 0.15) is 18.9 Å². The van der Waals surface area contributed by atoms with E-state index in [1.807, 2.05) is 59.3 Å². The van der Waals surface area contributed by atoms with Crippen LogP contribution in [0.3, 0.4) is 0 Å². The number of nitrogens with zero attached hydrogens (tertiary/aromatic N) is 2. The quantitative estimate of drug-likeness (QED) is 0.298. The molecule has 1 amide bonds. The Kier molecular flexibility index (Phi) is 7.43. The summed E-state index contributed by atoms with van der Waals surface area (Å²) in [5.41, 5.74) is 4.73. The number of carbonyl (C=O) groups excluding carboxylic acids is 1. The summed E-state index contributed by atoms with van der Waals surface area (Å²) in [7, 11) is 0. The molecule has 1 unspecified atom stereocenters. The highest BCUT2D eigenvalue weighted by Crippen LogP contribution is 2.29. The molecule has 5 rings (SSSR count). The Morgan fingerprint density at radius 3 is 2.30 bits per heavy atom. The molecule has 0 spiro atoms. The second kappa shape index (κ2) is 10.8. The Hall–Kier alpha value is -3.57. The van der Waals surface area contributed by atoms with Crippen LogP contribution in [-0.4, -0.2) is 21.6 Å². The highest BCUT2D eigenvalue weighted by atomic mass is 35.5. The van der Waals surface area contributed by atoms with E-state index < -0.39 is 0 Å². The Labute approximate surface area is 199 Å². The number of amides is 1. The maximum absolute atomic E-state index is 11.5. The molecule has 1 heterocycles. The van der Waals surface area contributed by atoms with Crippen LogP contribution in [0.15, 0.2) is 91.5 Å². The molecule has 0 saturated carbocycles. The minimum Gasteiger partial charge on any atom is -0.486 e. The second-order valence-electron chi connectivity index (χ2n) is 7.92. The van der Waals surface area contributed by atoms with Crippen molar-refractivity contribution in [3.8, 4) is 16.9 Å². The van der Waals surface area contributed by atoms with Gasteiger partial charge >= 0.3 is 0 Å². The number of halogens is 1. The van der Waals surface area contributed by atoms with Crippen LogP contribution >= 0.6 is 11.6 Å². The third kappa shape index (κ3) is 6.46. The molecule has 6 heteroatoms. The van der Waals surface area contributed by atoms with E-state index in [9.17, 15) is 4.79 Å². The van der Waals surface area contributed by atoms with Gasteiger partial charge in [0.2, 0.25) is 5.91 Å². The van der Waals surface area contributed by atoms with Gasteiger partial charge in [-0.15, -0.1) is 0 Å². The number of benzene rings is 3. The van der Waals surface area contributed by atoms with Gasteiger partial charge in [0.15, 0.2) is 0 Å². The monoisotopic (exact) mass is 459 g/mol. The number of imidazole rings is 1. The van der Waals surface area contributed by atoms with Crippen molar-refractivity contribution in [1.29, 1.82) is 0 Å². The Morgan fingerprint density at radius 2 is 1.73 bits per heavy atom. The maximum atomic E-state index is 11.5. The molecule has 1 atom stereocenters. The first kappa shape index (κ1) is 22.6. The van der Waals surface area contributed by atoms with Gasteiger partial charge < -0.3 is 14.6 Å². The van der Waals surface area contributed by atoms with E-state index in [2.05, 4.69) is 34.6 Å². The van der Waals surface area contributed by atoms with E-state index in [0.717, 1.165) is 17.9 Å². The minimum absolute atomic E-state index is 0.0789. The third-order valence-electron chi connectivity index (χ3n) is 5.35. The van der Waals surface area contributed by atoms with Crippen LogP contribution in [0.4, 0.5) is 5.69 Å². The summed E-state index contributed by atoms with van der Waals surface area (Å²) in [5.74, 6) is 0.535. The zero-order chi connectivity index (χ0) is 23.0. The average Bonchev–Trinajstić information content (AvgIpc) is 3.30. The molecule has 0 aliphatic heterocycles. The maximum Gasteiger partial charge on any atom is 0.221 e. The summed E-state index contributed by atoms with van der Waals surface area (Å²) in [6.07, 6.45) is 7.04. The van der Waals surface area contributed by atoms with E-state index in [1.165, 1.54) is 23.6 Å². The normalized spacial score (nSPS) is 11.7. The predicted molar refractivity (Wildman–Crippen MR) is 133 cm³/mol. The van der Waals surface area contributed by atoms with Crippen molar-refractivity contribution in [3.05, 3.63) is 102 Å². The lowest BCUT2D eigenvalue weighted by atomic mass is 9.95. The van der Waals surface area contributed by atoms with E-state index in [4.69, 9.17) is 16.3 Å². The van der Waals surface area contributed by atoms with Crippen LogP contribution in [0.2, 0.25) is 5.02 Å². The van der Waals surface area contributed by atoms with Gasteiger partial charge in [-0.3, -0.25) is 4.79 Å². The SMILES string of the molecule is CC(=O)Nc1ccccc1OC(CCc1ccc(Cl)cc1)Cn1ccnc1.c1cc2ccc1-2. The number of rotatable bonds is 8. The van der Waals surface area contributed by atoms with Crippen molar-refractivity contribution < 1.29 is 9.53 Å². The summed E-state index contributed by atoms with van der Waals surface area (Å²) in [6.45, 7) is 2.16. The second-order valence-corrected chi connectivity index (χ2v) is 8.36. The number of ether oxygens (including phenoxy) is 1. The van der Waals surface area contributed by atoms with E-state index in [-0.39, 0.29) is 12.0 Å². The molecule has 33 heavy (non-hydrogen) atoms. The van der Waals surface area contributed by atoms with Gasteiger partial charge in [0.25, 0.3) is 0 Å². The molecule has 2 aliphatic carbocycles. The fourth-order valence-corrected chi connectivity index (χ4v) is 3.63. The molecule has 2 aliphatic rings. The summed E-state index contributed by atoms with van der Waals surface area (Å²) in [5, 5.41) is 3.55. The molecule has 0 bridgehead atoms. The summed E-state index contributed by atoms with van der Waals surface area (Å²) >= 11 is 5.97. The largest absolute Gasteiger partial charge is 0.486 e. The molecule has 2 aromatic carbocycles. The predicted octanol–water partition coefficient (Wildman–Crippen LogP) is 6.24. The lowest BCUT2D eigenvalue weighted by Gasteiger charge is -2.21. The first-order chi connectivity index (χ1) is 16.1. The highest BCUT2D eigenvalue weighted by Gasteiger charge is 2.15. The van der Waals surface area contributed by atoms with E-state index in [1.54, 1.807) is 12.5 Å². The molecule has 0 radical (unpaired) electrons. The van der Waals surface area contributed by atoms with Gasteiger partial charge in [0.1, 0.15) is 11.9 Å². The average molecular weight is 460 g/mol. The summed E-state index contributed by atoms with van der Waals surface area (Å²) in [4.78, 5) is 15.6. The summed E-state index contributed by atoms with van der Waals surface area (Å²) in [6, 6.07) is 23.8. The third-order valence-corrected chi connectivity index (χ3v) is 5.60. The summed E-state index contributed by atoms with van der Waals surface area (Å²) < 4.78 is 8.27. The molecule has 5 nitrogen and oxygen atoms in total. The molecule has 1 N–H and O–H groups in total. The van der Waals surface area contributed by atoms with Gasteiger partial charge in [-0.2, -0.15) is 0 Å². The van der Waals surface area contributed by atoms with Crippen molar-refractivity contribution in [2.75, 3.05) is 5.32 Å². The zero-order valence-electron chi connectivity index (χ0n) is 18.4. The molecule has 1 aromatic heterocycles. The molecular weight excluding hydrogens is 434 g/mol. The number of hydrogen-bond acceptors (Lipinski definition) is 3. The van der Waals surface area contributed by atoms with Crippen molar-refractivity contribution in [1.82, 2.24) is 9.55 Å². The van der Waals surface area contributed by atoms with Crippen molar-refractivity contribution in [2.45, 2.75) is 32.4 Å². The van der Waals surface area contributed by atoms with Gasteiger partial charge in [-0.1, -0.05) is 60.1 Å². The molecular formula is C27H26ClN3O2. The number of para-hydroxylation sites is 2. The number of fused-ring (bicyclic) bond motifs is 1. The lowest BCUT2D eigenvalue weighted by Crippen LogP contribution is -2.24.